The lowest BCUT2D eigenvalue weighted by Crippen LogP contribution is -1.99. The molecule has 0 aliphatic heterocycles. The molecule has 1 N–H and O–H groups in total. The number of ketones is 1. The average Bonchev–Trinajstić information content (AvgIpc) is 2.67. The van der Waals surface area contributed by atoms with E-state index >= 15 is 0 Å². The normalized spacial score (nSPS) is 10.7. The molecular weight excluding hydrogens is 312 g/mol. The van der Waals surface area contributed by atoms with Gasteiger partial charge in [-0.2, -0.15) is 0 Å². The van der Waals surface area contributed by atoms with Gasteiger partial charge in [-0.05, 0) is 35.4 Å². The van der Waals surface area contributed by atoms with E-state index in [1.165, 1.54) is 12.1 Å². The highest BCUT2D eigenvalue weighted by Gasteiger charge is 2.10. The third-order valence-electron chi connectivity index (χ3n) is 3.71. The second kappa shape index (κ2) is 7.97. The molecule has 3 aromatic carbocycles. The van der Waals surface area contributed by atoms with E-state index in [0.717, 1.165) is 11.1 Å². The largest absolute Gasteiger partial charge is 0.507 e. The SMILES string of the molecule is O=C(C=Cc1ccccc1)c1cc(OCc2ccccc2)ccc1O. The monoisotopic (exact) mass is 330 g/mol. The van der Waals surface area contributed by atoms with E-state index in [1.807, 2.05) is 60.7 Å². The summed E-state index contributed by atoms with van der Waals surface area (Å²) >= 11 is 0. The van der Waals surface area contributed by atoms with Crippen molar-refractivity contribution in [1.82, 2.24) is 0 Å². The van der Waals surface area contributed by atoms with Gasteiger partial charge in [-0.25, -0.2) is 0 Å². The molecular formula is C22H18O3. The first-order valence-electron chi connectivity index (χ1n) is 7.99. The first kappa shape index (κ1) is 16.5. The molecule has 3 heteroatoms. The molecule has 0 radical (unpaired) electrons. The number of hydrogen-bond donors (Lipinski definition) is 1. The molecule has 0 saturated heterocycles. The van der Waals surface area contributed by atoms with Crippen molar-refractivity contribution in [3.05, 3.63) is 102 Å². The number of phenolic OH excluding ortho intramolecular Hbond substituents is 1. The van der Waals surface area contributed by atoms with Crippen molar-refractivity contribution in [1.29, 1.82) is 0 Å². The van der Waals surface area contributed by atoms with Crippen molar-refractivity contribution in [2.45, 2.75) is 6.61 Å². The van der Waals surface area contributed by atoms with Gasteiger partial charge < -0.3 is 9.84 Å². The number of carbonyl (C=O) groups is 1. The van der Waals surface area contributed by atoms with Crippen LogP contribution in [0.4, 0.5) is 0 Å². The lowest BCUT2D eigenvalue weighted by molar-refractivity contribution is 0.104. The van der Waals surface area contributed by atoms with Crippen LogP contribution in [0.3, 0.4) is 0 Å². The predicted octanol–water partition coefficient (Wildman–Crippen LogP) is 4.87. The fraction of sp³-hybridized carbons (Fsp3) is 0.0455. The third-order valence-corrected chi connectivity index (χ3v) is 3.71. The fourth-order valence-electron chi connectivity index (χ4n) is 2.37. The highest BCUT2D eigenvalue weighted by molar-refractivity contribution is 6.08. The Morgan fingerprint density at radius 2 is 1.60 bits per heavy atom. The second-order valence-corrected chi connectivity index (χ2v) is 5.56. The van der Waals surface area contributed by atoms with Crippen LogP contribution >= 0.6 is 0 Å². The Morgan fingerprint density at radius 1 is 0.920 bits per heavy atom. The Labute approximate surface area is 146 Å². The maximum atomic E-state index is 12.4. The van der Waals surface area contributed by atoms with E-state index in [2.05, 4.69) is 0 Å². The van der Waals surface area contributed by atoms with Gasteiger partial charge in [-0.15, -0.1) is 0 Å². The third kappa shape index (κ3) is 4.58. The van der Waals surface area contributed by atoms with Gasteiger partial charge >= 0.3 is 0 Å². The number of allylic oxidation sites excluding steroid dienone is 1. The maximum absolute atomic E-state index is 12.4. The molecule has 0 saturated carbocycles. The van der Waals surface area contributed by atoms with Crippen molar-refractivity contribution in [2.24, 2.45) is 0 Å². The molecule has 0 amide bonds. The van der Waals surface area contributed by atoms with E-state index in [0.29, 0.717) is 12.4 Å². The first-order valence-corrected chi connectivity index (χ1v) is 7.99. The van der Waals surface area contributed by atoms with Crippen LogP contribution in [0.25, 0.3) is 6.08 Å². The molecule has 3 aromatic rings. The summed E-state index contributed by atoms with van der Waals surface area (Å²) in [5.74, 6) is 0.208. The summed E-state index contributed by atoms with van der Waals surface area (Å²) in [7, 11) is 0. The van der Waals surface area contributed by atoms with Gasteiger partial charge in [0.05, 0.1) is 5.56 Å². The summed E-state index contributed by atoms with van der Waals surface area (Å²) in [6.07, 6.45) is 3.17. The average molecular weight is 330 g/mol. The highest BCUT2D eigenvalue weighted by Crippen LogP contribution is 2.24. The van der Waals surface area contributed by atoms with Crippen LogP contribution < -0.4 is 4.74 Å². The zero-order valence-electron chi connectivity index (χ0n) is 13.6. The van der Waals surface area contributed by atoms with Crippen molar-refractivity contribution in [3.8, 4) is 11.5 Å². The first-order chi connectivity index (χ1) is 12.2. The van der Waals surface area contributed by atoms with Gasteiger partial charge in [0, 0.05) is 0 Å². The predicted molar refractivity (Wildman–Crippen MR) is 98.7 cm³/mol. The molecule has 0 aromatic heterocycles. The Kier molecular flexibility index (Phi) is 5.27. The van der Waals surface area contributed by atoms with E-state index in [-0.39, 0.29) is 17.1 Å². The molecule has 0 atom stereocenters. The molecule has 124 valence electrons. The van der Waals surface area contributed by atoms with Gasteiger partial charge in [0.25, 0.3) is 0 Å². The topological polar surface area (TPSA) is 46.5 Å². The number of ether oxygens (including phenoxy) is 1. The minimum atomic E-state index is -0.272. The van der Waals surface area contributed by atoms with Crippen molar-refractivity contribution in [2.75, 3.05) is 0 Å². The summed E-state index contributed by atoms with van der Waals surface area (Å²) < 4.78 is 5.71. The highest BCUT2D eigenvalue weighted by atomic mass is 16.5. The van der Waals surface area contributed by atoms with Gasteiger partial charge in [-0.3, -0.25) is 4.79 Å². The van der Waals surface area contributed by atoms with E-state index in [9.17, 15) is 9.90 Å². The minimum Gasteiger partial charge on any atom is -0.507 e. The Morgan fingerprint density at radius 3 is 2.32 bits per heavy atom. The zero-order valence-corrected chi connectivity index (χ0v) is 13.6. The van der Waals surface area contributed by atoms with Crippen molar-refractivity contribution >= 4 is 11.9 Å². The number of hydrogen-bond acceptors (Lipinski definition) is 3. The summed E-state index contributed by atoms with van der Waals surface area (Å²) in [6.45, 7) is 0.402. The van der Waals surface area contributed by atoms with Crippen LogP contribution in [0.1, 0.15) is 21.5 Å². The van der Waals surface area contributed by atoms with Crippen LogP contribution in [0.5, 0.6) is 11.5 Å². The van der Waals surface area contributed by atoms with Crippen LogP contribution in [0, 0.1) is 0 Å². The molecule has 0 fully saturated rings. The Hall–Kier alpha value is -3.33. The zero-order chi connectivity index (χ0) is 17.5. The number of carbonyl (C=O) groups excluding carboxylic acids is 1. The van der Waals surface area contributed by atoms with Crippen LogP contribution in [0.15, 0.2) is 84.9 Å². The van der Waals surface area contributed by atoms with Gasteiger partial charge in [0.1, 0.15) is 18.1 Å². The smallest absolute Gasteiger partial charge is 0.189 e. The molecule has 3 nitrogen and oxygen atoms in total. The second-order valence-electron chi connectivity index (χ2n) is 5.56. The van der Waals surface area contributed by atoms with Crippen molar-refractivity contribution < 1.29 is 14.6 Å². The Bertz CT molecular complexity index is 868. The van der Waals surface area contributed by atoms with E-state index in [1.54, 1.807) is 18.2 Å². The standard InChI is InChI=1S/C22H18O3/c23-21(13-11-17-7-3-1-4-8-17)20-15-19(12-14-22(20)24)25-16-18-9-5-2-6-10-18/h1-15,24H,16H2. The quantitative estimate of drug-likeness (QED) is 0.518. The van der Waals surface area contributed by atoms with Crippen LogP contribution in [-0.4, -0.2) is 10.9 Å². The van der Waals surface area contributed by atoms with Crippen LogP contribution in [-0.2, 0) is 6.61 Å². The lowest BCUT2D eigenvalue weighted by atomic mass is 10.1. The number of phenols is 1. The summed E-state index contributed by atoms with van der Waals surface area (Å²) in [5, 5.41) is 9.98. The molecule has 0 spiro atoms. The van der Waals surface area contributed by atoms with Gasteiger partial charge in [0.2, 0.25) is 0 Å². The van der Waals surface area contributed by atoms with Crippen LogP contribution in [0.2, 0.25) is 0 Å². The number of benzene rings is 3. The number of rotatable bonds is 6. The molecule has 0 heterocycles. The Balaban J connectivity index is 1.72. The molecule has 0 unspecified atom stereocenters. The molecule has 0 bridgehead atoms. The summed E-state index contributed by atoms with van der Waals surface area (Å²) in [4.78, 5) is 12.4. The maximum Gasteiger partial charge on any atom is 0.189 e. The summed E-state index contributed by atoms with van der Waals surface area (Å²) in [6, 6.07) is 24.0. The lowest BCUT2D eigenvalue weighted by Gasteiger charge is -2.08. The fourth-order valence-corrected chi connectivity index (χ4v) is 2.37. The van der Waals surface area contributed by atoms with Gasteiger partial charge in [-0.1, -0.05) is 66.7 Å². The van der Waals surface area contributed by atoms with E-state index in [4.69, 9.17) is 4.74 Å². The molecule has 0 aliphatic carbocycles. The molecule has 3 rings (SSSR count). The minimum absolute atomic E-state index is 0.0604. The molecule has 25 heavy (non-hydrogen) atoms. The van der Waals surface area contributed by atoms with E-state index < -0.39 is 0 Å². The van der Waals surface area contributed by atoms with Gasteiger partial charge in [0.15, 0.2) is 5.78 Å². The summed E-state index contributed by atoms with van der Waals surface area (Å²) in [5.41, 5.74) is 2.18. The van der Waals surface area contributed by atoms with Crippen molar-refractivity contribution in [3.63, 3.8) is 0 Å². The molecule has 0 aliphatic rings. The number of aromatic hydroxyl groups is 1.